The number of H-pyrrole nitrogens is 1. The second-order valence-electron chi connectivity index (χ2n) is 5.47. The Balaban J connectivity index is 1.79. The standard InChI is InChI=1S/C19H17NO4/c1-12-7-8-14(10-17(12)23-2)19(22)24-11-15-9-13-5-3-4-6-16(13)20-18(15)21/h3-10H,11H2,1-2H3,(H,20,21). The van der Waals surface area contributed by atoms with Crippen molar-refractivity contribution in [1.82, 2.24) is 4.98 Å². The molecule has 5 heteroatoms. The number of aryl methyl sites for hydroxylation is 1. The molecule has 0 aliphatic heterocycles. The Kier molecular flexibility index (Phi) is 4.33. The number of pyridine rings is 1. The Labute approximate surface area is 138 Å². The molecule has 1 aromatic heterocycles. The van der Waals surface area contributed by atoms with Crippen molar-refractivity contribution >= 4 is 16.9 Å². The summed E-state index contributed by atoms with van der Waals surface area (Å²) < 4.78 is 10.5. The maximum atomic E-state index is 12.2. The van der Waals surface area contributed by atoms with Crippen LogP contribution in [0.25, 0.3) is 10.9 Å². The van der Waals surface area contributed by atoms with E-state index in [1.165, 1.54) is 0 Å². The monoisotopic (exact) mass is 323 g/mol. The first-order valence-electron chi connectivity index (χ1n) is 7.51. The van der Waals surface area contributed by atoms with E-state index >= 15 is 0 Å². The summed E-state index contributed by atoms with van der Waals surface area (Å²) in [6, 6.07) is 14.3. The fourth-order valence-corrected chi connectivity index (χ4v) is 2.47. The summed E-state index contributed by atoms with van der Waals surface area (Å²) in [5.41, 5.74) is 2.21. The maximum Gasteiger partial charge on any atom is 0.338 e. The van der Waals surface area contributed by atoms with Crippen LogP contribution in [0.5, 0.6) is 5.75 Å². The highest BCUT2D eigenvalue weighted by Gasteiger charge is 2.11. The first kappa shape index (κ1) is 15.8. The molecule has 0 saturated carbocycles. The van der Waals surface area contributed by atoms with Gasteiger partial charge in [0.1, 0.15) is 12.4 Å². The van der Waals surface area contributed by atoms with Crippen molar-refractivity contribution in [2.24, 2.45) is 0 Å². The van der Waals surface area contributed by atoms with E-state index in [-0.39, 0.29) is 12.2 Å². The number of fused-ring (bicyclic) bond motifs is 1. The fourth-order valence-electron chi connectivity index (χ4n) is 2.47. The number of aromatic amines is 1. The molecule has 1 heterocycles. The molecule has 122 valence electrons. The zero-order chi connectivity index (χ0) is 17.1. The summed E-state index contributed by atoms with van der Waals surface area (Å²) in [6.45, 7) is 1.80. The van der Waals surface area contributed by atoms with Crippen molar-refractivity contribution < 1.29 is 14.3 Å². The van der Waals surface area contributed by atoms with Crippen molar-refractivity contribution in [3.63, 3.8) is 0 Å². The normalized spacial score (nSPS) is 10.6. The lowest BCUT2D eigenvalue weighted by atomic mass is 10.1. The summed E-state index contributed by atoms with van der Waals surface area (Å²) in [5, 5.41) is 0.889. The topological polar surface area (TPSA) is 68.4 Å². The molecule has 0 fully saturated rings. The van der Waals surface area contributed by atoms with E-state index in [4.69, 9.17) is 9.47 Å². The molecule has 0 spiro atoms. The number of methoxy groups -OCH3 is 1. The molecule has 3 rings (SSSR count). The summed E-state index contributed by atoms with van der Waals surface area (Å²) in [6.07, 6.45) is 0. The Bertz CT molecular complexity index is 959. The quantitative estimate of drug-likeness (QED) is 0.749. The molecule has 0 amide bonds. The van der Waals surface area contributed by atoms with Gasteiger partial charge in [0.05, 0.1) is 18.2 Å². The SMILES string of the molecule is COc1cc(C(=O)OCc2cc3ccccc3[nH]c2=O)ccc1C. The first-order chi connectivity index (χ1) is 11.6. The largest absolute Gasteiger partial charge is 0.496 e. The summed E-state index contributed by atoms with van der Waals surface area (Å²) in [4.78, 5) is 27.0. The highest BCUT2D eigenvalue weighted by molar-refractivity contribution is 5.90. The number of carbonyl (C=O) groups is 1. The van der Waals surface area contributed by atoms with Gasteiger partial charge in [-0.25, -0.2) is 4.79 Å². The van der Waals surface area contributed by atoms with Crippen LogP contribution in [0.4, 0.5) is 0 Å². The van der Waals surface area contributed by atoms with E-state index < -0.39 is 5.97 Å². The lowest BCUT2D eigenvalue weighted by Crippen LogP contribution is -2.15. The highest BCUT2D eigenvalue weighted by atomic mass is 16.5. The molecule has 3 aromatic rings. The van der Waals surface area contributed by atoms with Crippen molar-refractivity contribution in [2.45, 2.75) is 13.5 Å². The van der Waals surface area contributed by atoms with Crippen LogP contribution in [0.3, 0.4) is 0 Å². The van der Waals surface area contributed by atoms with Gasteiger partial charge in [-0.2, -0.15) is 0 Å². The van der Waals surface area contributed by atoms with Crippen LogP contribution >= 0.6 is 0 Å². The smallest absolute Gasteiger partial charge is 0.338 e. The third-order valence-electron chi connectivity index (χ3n) is 3.83. The summed E-state index contributed by atoms with van der Waals surface area (Å²) in [5.74, 6) is 0.119. The van der Waals surface area contributed by atoms with E-state index in [1.54, 1.807) is 31.4 Å². The number of nitrogens with one attached hydrogen (secondary N) is 1. The average molecular weight is 323 g/mol. The van der Waals surface area contributed by atoms with Crippen LogP contribution in [-0.2, 0) is 11.3 Å². The number of aromatic nitrogens is 1. The van der Waals surface area contributed by atoms with E-state index in [1.807, 2.05) is 31.2 Å². The number of hydrogen-bond donors (Lipinski definition) is 1. The molecule has 0 radical (unpaired) electrons. The second-order valence-corrected chi connectivity index (χ2v) is 5.47. The van der Waals surface area contributed by atoms with Crippen LogP contribution in [0, 0.1) is 6.92 Å². The number of rotatable bonds is 4. The third kappa shape index (κ3) is 3.15. The molecule has 0 atom stereocenters. The molecule has 0 aliphatic carbocycles. The van der Waals surface area contributed by atoms with Crippen molar-refractivity contribution in [3.05, 3.63) is 75.6 Å². The van der Waals surface area contributed by atoms with Crippen LogP contribution in [0.1, 0.15) is 21.5 Å². The molecule has 5 nitrogen and oxygen atoms in total. The Hall–Kier alpha value is -3.08. The molecule has 0 aliphatic rings. The predicted molar refractivity (Wildman–Crippen MR) is 91.4 cm³/mol. The summed E-state index contributed by atoms with van der Waals surface area (Å²) >= 11 is 0. The van der Waals surface area contributed by atoms with E-state index in [0.717, 1.165) is 16.5 Å². The fraction of sp³-hybridized carbons (Fsp3) is 0.158. The lowest BCUT2D eigenvalue weighted by molar-refractivity contribution is 0.0471. The lowest BCUT2D eigenvalue weighted by Gasteiger charge is -2.08. The highest BCUT2D eigenvalue weighted by Crippen LogP contribution is 2.20. The minimum Gasteiger partial charge on any atom is -0.496 e. The van der Waals surface area contributed by atoms with Crippen LogP contribution in [0.2, 0.25) is 0 Å². The third-order valence-corrected chi connectivity index (χ3v) is 3.83. The molecule has 1 N–H and O–H groups in total. The molecule has 0 saturated heterocycles. The van der Waals surface area contributed by atoms with Gasteiger partial charge in [-0.1, -0.05) is 24.3 Å². The van der Waals surface area contributed by atoms with Gasteiger partial charge in [0, 0.05) is 5.52 Å². The second kappa shape index (κ2) is 6.58. The number of hydrogen-bond acceptors (Lipinski definition) is 4. The number of benzene rings is 2. The van der Waals surface area contributed by atoms with E-state index in [9.17, 15) is 9.59 Å². The van der Waals surface area contributed by atoms with Crippen LogP contribution in [0.15, 0.2) is 53.3 Å². The van der Waals surface area contributed by atoms with Gasteiger partial charge in [0.2, 0.25) is 0 Å². The van der Waals surface area contributed by atoms with E-state index in [0.29, 0.717) is 16.9 Å². The first-order valence-corrected chi connectivity index (χ1v) is 7.51. The Morgan fingerprint density at radius 3 is 2.71 bits per heavy atom. The molecule has 24 heavy (non-hydrogen) atoms. The van der Waals surface area contributed by atoms with Crippen molar-refractivity contribution in [1.29, 1.82) is 0 Å². The number of carbonyl (C=O) groups excluding carboxylic acids is 1. The van der Waals surface area contributed by atoms with Crippen LogP contribution < -0.4 is 10.3 Å². The van der Waals surface area contributed by atoms with Gasteiger partial charge >= 0.3 is 5.97 Å². The number of para-hydroxylation sites is 1. The number of esters is 1. The van der Waals surface area contributed by atoms with Gasteiger partial charge in [0.25, 0.3) is 5.56 Å². The van der Waals surface area contributed by atoms with Gasteiger partial charge in [-0.3, -0.25) is 4.79 Å². The maximum absolute atomic E-state index is 12.2. The molecular formula is C19H17NO4. The minimum atomic E-state index is -0.499. The van der Waals surface area contributed by atoms with Crippen molar-refractivity contribution in [2.75, 3.05) is 7.11 Å². The average Bonchev–Trinajstić information content (AvgIpc) is 2.60. The Morgan fingerprint density at radius 1 is 1.12 bits per heavy atom. The van der Waals surface area contributed by atoms with Crippen molar-refractivity contribution in [3.8, 4) is 5.75 Å². The van der Waals surface area contributed by atoms with Gasteiger partial charge in [-0.15, -0.1) is 0 Å². The van der Waals surface area contributed by atoms with E-state index in [2.05, 4.69) is 4.98 Å². The zero-order valence-corrected chi connectivity index (χ0v) is 13.5. The molecule has 0 bridgehead atoms. The molecule has 2 aromatic carbocycles. The van der Waals surface area contributed by atoms with Gasteiger partial charge in [0.15, 0.2) is 0 Å². The zero-order valence-electron chi connectivity index (χ0n) is 13.5. The van der Waals surface area contributed by atoms with Gasteiger partial charge in [-0.05, 0) is 42.1 Å². The molecule has 0 unspecified atom stereocenters. The molecular weight excluding hydrogens is 306 g/mol. The number of ether oxygens (including phenoxy) is 2. The van der Waals surface area contributed by atoms with Crippen LogP contribution in [-0.4, -0.2) is 18.1 Å². The summed E-state index contributed by atoms with van der Waals surface area (Å²) in [7, 11) is 1.55. The minimum absolute atomic E-state index is 0.0881. The van der Waals surface area contributed by atoms with Gasteiger partial charge < -0.3 is 14.5 Å². The predicted octanol–water partition coefficient (Wildman–Crippen LogP) is 3.20. The Morgan fingerprint density at radius 2 is 1.92 bits per heavy atom.